The van der Waals surface area contributed by atoms with Gasteiger partial charge in [-0.2, -0.15) is 0 Å². The lowest BCUT2D eigenvalue weighted by Crippen LogP contribution is -2.47. The van der Waals surface area contributed by atoms with Crippen LogP contribution in [0.3, 0.4) is 0 Å². The summed E-state index contributed by atoms with van der Waals surface area (Å²) in [4.78, 5) is 16.5. The number of carbonyl (C=O) groups excluding carboxylic acids is 1. The van der Waals surface area contributed by atoms with Gasteiger partial charge in [0.2, 0.25) is 5.91 Å². The van der Waals surface area contributed by atoms with Crippen LogP contribution in [0.15, 0.2) is 24.3 Å². The zero-order chi connectivity index (χ0) is 15.4. The van der Waals surface area contributed by atoms with Crippen LogP contribution in [0.4, 0.5) is 4.39 Å². The van der Waals surface area contributed by atoms with Crippen LogP contribution in [0.1, 0.15) is 24.8 Å². The molecule has 0 bridgehead atoms. The van der Waals surface area contributed by atoms with E-state index in [1.54, 1.807) is 6.07 Å². The first-order valence-electron chi connectivity index (χ1n) is 8.20. The monoisotopic (exact) mass is 341 g/mol. The van der Waals surface area contributed by atoms with E-state index in [9.17, 15) is 9.18 Å². The van der Waals surface area contributed by atoms with Crippen molar-refractivity contribution in [2.75, 3.05) is 32.7 Å². The lowest BCUT2D eigenvalue weighted by molar-refractivity contribution is -0.132. The summed E-state index contributed by atoms with van der Waals surface area (Å²) in [6.07, 6.45) is 2.86. The molecule has 0 radical (unpaired) electrons. The second-order valence-corrected chi connectivity index (χ2v) is 6.17. The van der Waals surface area contributed by atoms with E-state index in [2.05, 4.69) is 10.2 Å². The van der Waals surface area contributed by atoms with Gasteiger partial charge in [0.05, 0.1) is 0 Å². The van der Waals surface area contributed by atoms with E-state index in [1.165, 1.54) is 6.07 Å². The van der Waals surface area contributed by atoms with Crippen LogP contribution in [0, 0.1) is 5.82 Å². The summed E-state index contributed by atoms with van der Waals surface area (Å²) in [5, 5.41) is 3.26. The van der Waals surface area contributed by atoms with Crippen LogP contribution in [-0.2, 0) is 11.3 Å². The predicted octanol–water partition coefficient (Wildman–Crippen LogP) is 2.03. The SMILES string of the molecule is Cl.O=C(CCN(Cc1ccccc1F)C1CC1)N1CCNCC1. The van der Waals surface area contributed by atoms with Crippen molar-refractivity contribution in [3.05, 3.63) is 35.6 Å². The highest BCUT2D eigenvalue weighted by atomic mass is 35.5. The average molecular weight is 342 g/mol. The first-order chi connectivity index (χ1) is 10.7. The smallest absolute Gasteiger partial charge is 0.223 e. The maximum atomic E-state index is 13.8. The van der Waals surface area contributed by atoms with Crippen LogP contribution in [0.2, 0.25) is 0 Å². The lowest BCUT2D eigenvalue weighted by Gasteiger charge is -2.29. The molecule has 3 rings (SSSR count). The molecule has 0 atom stereocenters. The van der Waals surface area contributed by atoms with Crippen molar-refractivity contribution in [2.45, 2.75) is 31.8 Å². The molecule has 1 saturated heterocycles. The number of halogens is 2. The summed E-state index contributed by atoms with van der Waals surface area (Å²) in [5.41, 5.74) is 0.726. The molecule has 1 N–H and O–H groups in total. The van der Waals surface area contributed by atoms with E-state index in [4.69, 9.17) is 0 Å². The minimum atomic E-state index is -0.151. The van der Waals surface area contributed by atoms with Crippen molar-refractivity contribution in [3.63, 3.8) is 0 Å². The van der Waals surface area contributed by atoms with Gasteiger partial charge < -0.3 is 10.2 Å². The summed E-state index contributed by atoms with van der Waals surface area (Å²) in [6, 6.07) is 7.45. The molecule has 2 aliphatic rings. The highest BCUT2D eigenvalue weighted by molar-refractivity contribution is 5.85. The molecule has 1 saturated carbocycles. The molecule has 6 heteroatoms. The highest BCUT2D eigenvalue weighted by Gasteiger charge is 2.30. The topological polar surface area (TPSA) is 35.6 Å². The Bertz CT molecular complexity index is 518. The Morgan fingerprint density at radius 2 is 1.96 bits per heavy atom. The van der Waals surface area contributed by atoms with Crippen LogP contribution < -0.4 is 5.32 Å². The standard InChI is InChI=1S/C17H24FN3O.ClH/c18-16-4-2-1-3-14(16)13-21(15-5-6-15)10-7-17(22)20-11-8-19-9-12-20;/h1-4,15,19H,5-13H2;1H. The number of carbonyl (C=O) groups is 1. The van der Waals surface area contributed by atoms with Crippen molar-refractivity contribution in [3.8, 4) is 0 Å². The molecule has 0 spiro atoms. The third kappa shape index (κ3) is 5.16. The maximum absolute atomic E-state index is 13.8. The van der Waals surface area contributed by atoms with Gasteiger partial charge in [0.1, 0.15) is 5.82 Å². The molecule has 1 aromatic rings. The molecule has 1 heterocycles. The Morgan fingerprint density at radius 3 is 2.61 bits per heavy atom. The van der Waals surface area contributed by atoms with Gasteiger partial charge in [-0.15, -0.1) is 12.4 Å². The molecule has 23 heavy (non-hydrogen) atoms. The molecule has 1 aliphatic heterocycles. The van der Waals surface area contributed by atoms with E-state index >= 15 is 0 Å². The summed E-state index contributed by atoms with van der Waals surface area (Å²) < 4.78 is 13.8. The van der Waals surface area contributed by atoms with E-state index in [1.807, 2.05) is 17.0 Å². The highest BCUT2D eigenvalue weighted by Crippen LogP contribution is 2.29. The van der Waals surface area contributed by atoms with Crippen LogP contribution in [0.5, 0.6) is 0 Å². The number of piperazine rings is 1. The molecule has 1 aromatic carbocycles. The van der Waals surface area contributed by atoms with Crippen molar-refractivity contribution in [2.24, 2.45) is 0 Å². The minimum Gasteiger partial charge on any atom is -0.340 e. The van der Waals surface area contributed by atoms with Gasteiger partial charge >= 0.3 is 0 Å². The number of nitrogens with one attached hydrogen (secondary N) is 1. The molecule has 4 nitrogen and oxygen atoms in total. The number of benzene rings is 1. The van der Waals surface area contributed by atoms with Crippen molar-refractivity contribution >= 4 is 18.3 Å². The predicted molar refractivity (Wildman–Crippen MR) is 91.1 cm³/mol. The molecule has 1 amide bonds. The first kappa shape index (κ1) is 18.2. The fraction of sp³-hybridized carbons (Fsp3) is 0.588. The minimum absolute atomic E-state index is 0. The van der Waals surface area contributed by atoms with E-state index in [0.717, 1.165) is 51.1 Å². The van der Waals surface area contributed by atoms with Gasteiger partial charge in [0, 0.05) is 57.3 Å². The normalized spacial score (nSPS) is 17.9. The van der Waals surface area contributed by atoms with E-state index < -0.39 is 0 Å². The molecule has 128 valence electrons. The fourth-order valence-electron chi connectivity index (χ4n) is 2.99. The zero-order valence-electron chi connectivity index (χ0n) is 13.3. The summed E-state index contributed by atoms with van der Waals surface area (Å²) in [6.45, 7) is 4.69. The van der Waals surface area contributed by atoms with Crippen molar-refractivity contribution in [1.82, 2.24) is 15.1 Å². The largest absolute Gasteiger partial charge is 0.340 e. The fourth-order valence-corrected chi connectivity index (χ4v) is 2.99. The van der Waals surface area contributed by atoms with Crippen molar-refractivity contribution < 1.29 is 9.18 Å². The first-order valence-corrected chi connectivity index (χ1v) is 8.20. The van der Waals surface area contributed by atoms with Gasteiger partial charge in [-0.1, -0.05) is 18.2 Å². The van der Waals surface area contributed by atoms with Gasteiger partial charge in [-0.05, 0) is 18.9 Å². The molecule has 0 aromatic heterocycles. The number of rotatable bonds is 6. The second kappa shape index (κ2) is 8.62. The summed E-state index contributed by atoms with van der Waals surface area (Å²) in [5.74, 6) is 0.0715. The summed E-state index contributed by atoms with van der Waals surface area (Å²) in [7, 11) is 0. The number of hydrogen-bond acceptors (Lipinski definition) is 3. The Balaban J connectivity index is 0.00000192. The Labute approximate surface area is 143 Å². The van der Waals surface area contributed by atoms with Crippen LogP contribution in [0.25, 0.3) is 0 Å². The van der Waals surface area contributed by atoms with Gasteiger partial charge in [-0.3, -0.25) is 9.69 Å². The van der Waals surface area contributed by atoms with E-state index in [0.29, 0.717) is 19.0 Å². The number of nitrogens with zero attached hydrogens (tertiary/aromatic N) is 2. The third-order valence-electron chi connectivity index (χ3n) is 4.48. The molecular weight excluding hydrogens is 317 g/mol. The Kier molecular flexibility index (Phi) is 6.81. The van der Waals surface area contributed by atoms with E-state index in [-0.39, 0.29) is 24.1 Å². The molecule has 1 aliphatic carbocycles. The Morgan fingerprint density at radius 1 is 1.26 bits per heavy atom. The number of amides is 1. The van der Waals surface area contributed by atoms with Crippen LogP contribution >= 0.6 is 12.4 Å². The average Bonchev–Trinajstić information content (AvgIpc) is 3.38. The Hall–Kier alpha value is -1.17. The second-order valence-electron chi connectivity index (χ2n) is 6.17. The number of hydrogen-bond donors (Lipinski definition) is 1. The molecule has 0 unspecified atom stereocenters. The van der Waals surface area contributed by atoms with Crippen LogP contribution in [-0.4, -0.2) is 54.5 Å². The zero-order valence-corrected chi connectivity index (χ0v) is 14.2. The molecule has 2 fully saturated rings. The third-order valence-corrected chi connectivity index (χ3v) is 4.48. The quantitative estimate of drug-likeness (QED) is 0.860. The van der Waals surface area contributed by atoms with Gasteiger partial charge in [0.15, 0.2) is 0 Å². The molecular formula is C17H25ClFN3O. The maximum Gasteiger partial charge on any atom is 0.223 e. The van der Waals surface area contributed by atoms with Crippen molar-refractivity contribution in [1.29, 1.82) is 0 Å². The van der Waals surface area contributed by atoms with Gasteiger partial charge in [-0.25, -0.2) is 4.39 Å². The lowest BCUT2D eigenvalue weighted by atomic mass is 10.2. The summed E-state index contributed by atoms with van der Waals surface area (Å²) >= 11 is 0. The van der Waals surface area contributed by atoms with Gasteiger partial charge in [0.25, 0.3) is 0 Å².